The van der Waals surface area contributed by atoms with Gasteiger partial charge in [0.2, 0.25) is 0 Å². The lowest BCUT2D eigenvalue weighted by Crippen LogP contribution is -2.41. The first-order chi connectivity index (χ1) is 10.3. The van der Waals surface area contributed by atoms with E-state index >= 15 is 0 Å². The molecular weight excluding hydrogens is 262 g/mol. The van der Waals surface area contributed by atoms with Gasteiger partial charge in [0.1, 0.15) is 0 Å². The Kier molecular flexibility index (Phi) is 4.56. The summed E-state index contributed by atoms with van der Waals surface area (Å²) in [5, 5.41) is 3.09. The molecule has 1 aromatic carbocycles. The highest BCUT2D eigenvalue weighted by molar-refractivity contribution is 5.94. The SMILES string of the molecule is NCC(NC(=O)c1cccc(CN2CCCC2)c1)C1CC1. The number of likely N-dealkylation sites (tertiary alicyclic amines) is 1. The molecule has 2 fully saturated rings. The topological polar surface area (TPSA) is 58.4 Å². The molecule has 2 aliphatic rings. The van der Waals surface area contributed by atoms with Crippen molar-refractivity contribution in [1.29, 1.82) is 0 Å². The van der Waals surface area contributed by atoms with Crippen molar-refractivity contribution >= 4 is 5.91 Å². The first-order valence-electron chi connectivity index (χ1n) is 8.08. The van der Waals surface area contributed by atoms with Crippen molar-refractivity contribution < 1.29 is 4.79 Å². The van der Waals surface area contributed by atoms with Gasteiger partial charge in [-0.05, 0) is 62.4 Å². The smallest absolute Gasteiger partial charge is 0.251 e. The number of hydrogen-bond acceptors (Lipinski definition) is 3. The van der Waals surface area contributed by atoms with Gasteiger partial charge < -0.3 is 11.1 Å². The second kappa shape index (κ2) is 6.58. The Morgan fingerprint density at radius 3 is 2.76 bits per heavy atom. The van der Waals surface area contributed by atoms with Crippen LogP contribution < -0.4 is 11.1 Å². The highest BCUT2D eigenvalue weighted by Gasteiger charge is 2.31. The van der Waals surface area contributed by atoms with E-state index < -0.39 is 0 Å². The minimum atomic E-state index is 0.0145. The molecule has 1 amide bonds. The zero-order chi connectivity index (χ0) is 14.7. The fourth-order valence-corrected chi connectivity index (χ4v) is 3.13. The van der Waals surface area contributed by atoms with Gasteiger partial charge in [-0.3, -0.25) is 9.69 Å². The van der Waals surface area contributed by atoms with Crippen molar-refractivity contribution in [3.05, 3.63) is 35.4 Å². The Hall–Kier alpha value is -1.39. The molecule has 4 heteroatoms. The molecule has 1 unspecified atom stereocenters. The van der Waals surface area contributed by atoms with Crippen molar-refractivity contribution in [2.24, 2.45) is 11.7 Å². The first kappa shape index (κ1) is 14.5. The number of hydrogen-bond donors (Lipinski definition) is 2. The van der Waals surface area contributed by atoms with Crippen molar-refractivity contribution in [3.8, 4) is 0 Å². The van der Waals surface area contributed by atoms with Gasteiger partial charge in [0, 0.05) is 24.7 Å². The zero-order valence-electron chi connectivity index (χ0n) is 12.6. The molecule has 0 radical (unpaired) electrons. The molecule has 1 saturated carbocycles. The second-order valence-electron chi connectivity index (χ2n) is 6.34. The molecule has 21 heavy (non-hydrogen) atoms. The molecule has 1 aromatic rings. The van der Waals surface area contributed by atoms with Crippen LogP contribution in [0, 0.1) is 5.92 Å². The summed E-state index contributed by atoms with van der Waals surface area (Å²) in [5.74, 6) is 0.604. The van der Waals surface area contributed by atoms with E-state index in [4.69, 9.17) is 5.73 Å². The molecule has 1 aliphatic heterocycles. The van der Waals surface area contributed by atoms with Gasteiger partial charge in [-0.1, -0.05) is 12.1 Å². The fraction of sp³-hybridized carbons (Fsp3) is 0.588. The average molecular weight is 287 g/mol. The number of benzene rings is 1. The van der Waals surface area contributed by atoms with Gasteiger partial charge in [-0.2, -0.15) is 0 Å². The normalized spacial score (nSPS) is 20.4. The van der Waals surface area contributed by atoms with Crippen LogP contribution in [0.5, 0.6) is 0 Å². The summed E-state index contributed by atoms with van der Waals surface area (Å²) in [6, 6.07) is 8.14. The molecule has 4 nitrogen and oxygen atoms in total. The van der Waals surface area contributed by atoms with Crippen molar-refractivity contribution in [2.45, 2.75) is 38.3 Å². The standard InChI is InChI=1S/C17H25N3O/c18-11-16(14-6-7-14)19-17(21)15-5-3-4-13(10-15)12-20-8-1-2-9-20/h3-5,10,14,16H,1-2,6-9,11-12,18H2,(H,19,21). The first-order valence-corrected chi connectivity index (χ1v) is 8.08. The summed E-state index contributed by atoms with van der Waals surface area (Å²) in [5.41, 5.74) is 7.74. The summed E-state index contributed by atoms with van der Waals surface area (Å²) in [7, 11) is 0. The largest absolute Gasteiger partial charge is 0.348 e. The van der Waals surface area contributed by atoms with E-state index in [2.05, 4.69) is 16.3 Å². The number of carbonyl (C=O) groups excluding carboxylic acids is 1. The van der Waals surface area contributed by atoms with Crippen LogP contribution in [-0.2, 0) is 6.54 Å². The third-order valence-electron chi connectivity index (χ3n) is 4.56. The number of rotatable bonds is 6. The molecule has 1 aliphatic carbocycles. The number of nitrogens with zero attached hydrogens (tertiary/aromatic N) is 1. The van der Waals surface area contributed by atoms with E-state index in [1.165, 1.54) is 44.3 Å². The molecular formula is C17H25N3O. The van der Waals surface area contributed by atoms with E-state index in [-0.39, 0.29) is 11.9 Å². The van der Waals surface area contributed by atoms with Gasteiger partial charge >= 0.3 is 0 Å². The van der Waals surface area contributed by atoms with Gasteiger partial charge in [-0.25, -0.2) is 0 Å². The summed E-state index contributed by atoms with van der Waals surface area (Å²) in [4.78, 5) is 14.8. The Labute approximate surface area is 126 Å². The van der Waals surface area contributed by atoms with E-state index in [9.17, 15) is 4.79 Å². The third-order valence-corrected chi connectivity index (χ3v) is 4.56. The number of amides is 1. The highest BCUT2D eigenvalue weighted by atomic mass is 16.1. The number of nitrogens with one attached hydrogen (secondary N) is 1. The minimum absolute atomic E-state index is 0.0145. The second-order valence-corrected chi connectivity index (χ2v) is 6.34. The molecule has 3 rings (SSSR count). The van der Waals surface area contributed by atoms with Crippen molar-refractivity contribution in [2.75, 3.05) is 19.6 Å². The van der Waals surface area contributed by atoms with E-state index in [1.807, 2.05) is 18.2 Å². The van der Waals surface area contributed by atoms with Crippen LogP contribution in [0.3, 0.4) is 0 Å². The highest BCUT2D eigenvalue weighted by Crippen LogP contribution is 2.32. The zero-order valence-corrected chi connectivity index (χ0v) is 12.6. The lowest BCUT2D eigenvalue weighted by molar-refractivity contribution is 0.0933. The molecule has 114 valence electrons. The van der Waals surface area contributed by atoms with Gasteiger partial charge in [0.15, 0.2) is 0 Å². The molecule has 3 N–H and O–H groups in total. The predicted octanol–water partition coefficient (Wildman–Crippen LogP) is 1.75. The van der Waals surface area contributed by atoms with E-state index in [1.54, 1.807) is 0 Å². The molecule has 1 atom stereocenters. The summed E-state index contributed by atoms with van der Waals surface area (Å²) in [6.45, 7) is 3.83. The van der Waals surface area contributed by atoms with E-state index in [0.717, 1.165) is 12.1 Å². The molecule has 0 aromatic heterocycles. The minimum Gasteiger partial charge on any atom is -0.348 e. The van der Waals surface area contributed by atoms with Crippen LogP contribution in [0.25, 0.3) is 0 Å². The van der Waals surface area contributed by atoms with Gasteiger partial charge in [0.05, 0.1) is 0 Å². The monoisotopic (exact) mass is 287 g/mol. The van der Waals surface area contributed by atoms with Crippen LogP contribution in [0.4, 0.5) is 0 Å². The van der Waals surface area contributed by atoms with Crippen LogP contribution in [0.15, 0.2) is 24.3 Å². The van der Waals surface area contributed by atoms with Gasteiger partial charge in [0.25, 0.3) is 5.91 Å². The van der Waals surface area contributed by atoms with Crippen molar-refractivity contribution in [1.82, 2.24) is 10.2 Å². The number of carbonyl (C=O) groups is 1. The predicted molar refractivity (Wildman–Crippen MR) is 84.0 cm³/mol. The quantitative estimate of drug-likeness (QED) is 0.838. The maximum Gasteiger partial charge on any atom is 0.251 e. The van der Waals surface area contributed by atoms with Crippen LogP contribution in [-0.4, -0.2) is 36.5 Å². The lowest BCUT2D eigenvalue weighted by Gasteiger charge is -2.17. The molecule has 1 saturated heterocycles. The third kappa shape index (κ3) is 3.83. The maximum atomic E-state index is 12.4. The Morgan fingerprint density at radius 2 is 2.10 bits per heavy atom. The van der Waals surface area contributed by atoms with Gasteiger partial charge in [-0.15, -0.1) is 0 Å². The summed E-state index contributed by atoms with van der Waals surface area (Å²) in [6.07, 6.45) is 4.97. The van der Waals surface area contributed by atoms with Crippen LogP contribution in [0.2, 0.25) is 0 Å². The van der Waals surface area contributed by atoms with Crippen LogP contribution in [0.1, 0.15) is 41.6 Å². The average Bonchev–Trinajstić information content (AvgIpc) is 3.22. The Balaban J connectivity index is 1.62. The molecule has 1 heterocycles. The lowest BCUT2D eigenvalue weighted by atomic mass is 10.1. The maximum absolute atomic E-state index is 12.4. The number of nitrogens with two attached hydrogens (primary N) is 1. The molecule has 0 spiro atoms. The molecule has 0 bridgehead atoms. The van der Waals surface area contributed by atoms with Crippen molar-refractivity contribution in [3.63, 3.8) is 0 Å². The summed E-state index contributed by atoms with van der Waals surface area (Å²) < 4.78 is 0. The van der Waals surface area contributed by atoms with Crippen LogP contribution >= 0.6 is 0 Å². The fourth-order valence-electron chi connectivity index (χ4n) is 3.13. The Morgan fingerprint density at radius 1 is 1.33 bits per heavy atom. The summed E-state index contributed by atoms with van der Waals surface area (Å²) >= 11 is 0. The van der Waals surface area contributed by atoms with E-state index in [0.29, 0.717) is 12.5 Å². The Bertz CT molecular complexity index is 493.